The zero-order chi connectivity index (χ0) is 20.2. The predicted octanol–water partition coefficient (Wildman–Crippen LogP) is 3.43. The van der Waals surface area contributed by atoms with Gasteiger partial charge in [0.2, 0.25) is 0 Å². The van der Waals surface area contributed by atoms with Crippen LogP contribution in [0.1, 0.15) is 32.3 Å². The van der Waals surface area contributed by atoms with Crippen LogP contribution in [0.3, 0.4) is 0 Å². The van der Waals surface area contributed by atoms with E-state index in [4.69, 9.17) is 25.9 Å². The number of carbonyl (C=O) groups is 1. The molecule has 0 aromatic heterocycles. The van der Waals surface area contributed by atoms with Gasteiger partial charge in [0.15, 0.2) is 5.72 Å². The highest BCUT2D eigenvalue weighted by Crippen LogP contribution is 2.36. The number of carbonyl (C=O) groups excluding carboxylic acids is 1. The van der Waals surface area contributed by atoms with Gasteiger partial charge in [-0.05, 0) is 50.8 Å². The number of benzene rings is 1. The van der Waals surface area contributed by atoms with Crippen LogP contribution >= 0.6 is 11.6 Å². The van der Waals surface area contributed by atoms with Gasteiger partial charge in [-0.2, -0.15) is 0 Å². The highest BCUT2D eigenvalue weighted by atomic mass is 35.5. The first-order valence-electron chi connectivity index (χ1n) is 8.69. The topological polar surface area (TPSA) is 80.3 Å². The molecule has 1 amide bonds. The second kappa shape index (κ2) is 8.82. The Balaban J connectivity index is 2.45. The van der Waals surface area contributed by atoms with Crippen LogP contribution < -0.4 is 15.1 Å². The number of nitrogens with one attached hydrogen (secondary N) is 1. The summed E-state index contributed by atoms with van der Waals surface area (Å²) in [4.78, 5) is 17.6. The van der Waals surface area contributed by atoms with E-state index in [0.717, 1.165) is 11.1 Å². The normalized spacial score (nSPS) is 26.3. The minimum absolute atomic E-state index is 0.326. The number of aliphatic hydroxyl groups is 1. The van der Waals surface area contributed by atoms with Gasteiger partial charge < -0.3 is 19.4 Å². The number of allylic oxidation sites excluding steroid dienone is 2. The number of halogens is 1. The Morgan fingerprint density at radius 1 is 1.41 bits per heavy atom. The van der Waals surface area contributed by atoms with Crippen molar-refractivity contribution in [3.05, 3.63) is 34.4 Å². The van der Waals surface area contributed by atoms with Gasteiger partial charge in [-0.15, -0.1) is 0 Å². The summed E-state index contributed by atoms with van der Waals surface area (Å²) in [5.41, 5.74) is 1.02. The lowest BCUT2D eigenvalue weighted by molar-refractivity contribution is -0.101. The van der Waals surface area contributed by atoms with Gasteiger partial charge in [-0.25, -0.2) is 9.86 Å². The van der Waals surface area contributed by atoms with E-state index in [9.17, 15) is 9.90 Å². The fraction of sp³-hybridized carbons (Fsp3) is 0.526. The zero-order valence-electron chi connectivity index (χ0n) is 16.3. The van der Waals surface area contributed by atoms with E-state index in [1.165, 1.54) is 26.2 Å². The summed E-state index contributed by atoms with van der Waals surface area (Å²) < 4.78 is 10.7. The number of fused-ring (bicyclic) bond motifs is 2. The van der Waals surface area contributed by atoms with Crippen molar-refractivity contribution in [2.24, 2.45) is 0 Å². The smallest absolute Gasteiger partial charge is 0.433 e. The van der Waals surface area contributed by atoms with E-state index in [1.807, 2.05) is 19.1 Å². The molecule has 0 aliphatic carbocycles. The quantitative estimate of drug-likeness (QED) is 0.743. The van der Waals surface area contributed by atoms with Gasteiger partial charge in [-0.3, -0.25) is 5.32 Å². The standard InChI is InChI=1S/C19H27ClN2O5/c1-12-7-6-8-16(26-5)19(2,24)21-18(23)27-22(3)14-10-13(9-12)11-15(25-4)17(14)20/h7,10-11,16,24H,6,8-9H2,1-5H3,(H,21,23)/b12-7+/t16-,19+/m1/s1. The van der Waals surface area contributed by atoms with Crippen molar-refractivity contribution >= 4 is 23.4 Å². The largest absolute Gasteiger partial charge is 0.495 e. The van der Waals surface area contributed by atoms with Gasteiger partial charge in [0, 0.05) is 14.2 Å². The van der Waals surface area contributed by atoms with Crippen molar-refractivity contribution in [1.82, 2.24) is 5.32 Å². The number of rotatable bonds is 2. The Labute approximate surface area is 164 Å². The predicted molar refractivity (Wildman–Crippen MR) is 104 cm³/mol. The third-order valence-corrected chi connectivity index (χ3v) is 4.91. The second-order valence-corrected chi connectivity index (χ2v) is 7.19. The average molecular weight is 399 g/mol. The molecule has 0 fully saturated rings. The summed E-state index contributed by atoms with van der Waals surface area (Å²) in [7, 11) is 4.58. The average Bonchev–Trinajstić information content (AvgIpc) is 2.58. The van der Waals surface area contributed by atoms with Gasteiger partial charge in [-0.1, -0.05) is 23.3 Å². The fourth-order valence-corrected chi connectivity index (χ4v) is 3.41. The molecule has 1 aromatic rings. The van der Waals surface area contributed by atoms with Gasteiger partial charge in [0.25, 0.3) is 0 Å². The molecule has 2 rings (SSSR count). The van der Waals surface area contributed by atoms with E-state index in [-0.39, 0.29) is 0 Å². The molecule has 1 aromatic carbocycles. The Morgan fingerprint density at radius 2 is 2.11 bits per heavy atom. The number of ether oxygens (including phenoxy) is 2. The summed E-state index contributed by atoms with van der Waals surface area (Å²) in [5, 5.41) is 14.6. The number of hydrogen-bond donors (Lipinski definition) is 2. The maximum atomic E-state index is 12.3. The Hall–Kier alpha value is -1.96. The highest BCUT2D eigenvalue weighted by molar-refractivity contribution is 6.34. The molecule has 150 valence electrons. The van der Waals surface area contributed by atoms with Crippen molar-refractivity contribution in [2.75, 3.05) is 26.3 Å². The van der Waals surface area contributed by atoms with Crippen LogP contribution in [0, 0.1) is 0 Å². The first-order valence-corrected chi connectivity index (χ1v) is 9.06. The van der Waals surface area contributed by atoms with Gasteiger partial charge in [0.1, 0.15) is 16.9 Å². The van der Waals surface area contributed by atoms with Crippen LogP contribution in [0.25, 0.3) is 0 Å². The zero-order valence-corrected chi connectivity index (χ0v) is 17.1. The summed E-state index contributed by atoms with van der Waals surface area (Å²) in [6, 6.07) is 3.71. The van der Waals surface area contributed by atoms with Crippen molar-refractivity contribution in [3.8, 4) is 5.75 Å². The molecular formula is C19H27ClN2O5. The number of hydrogen-bond acceptors (Lipinski definition) is 6. The summed E-state index contributed by atoms with van der Waals surface area (Å²) >= 11 is 6.38. The molecule has 0 unspecified atom stereocenters. The van der Waals surface area contributed by atoms with E-state index in [0.29, 0.717) is 35.7 Å². The van der Waals surface area contributed by atoms with Crippen molar-refractivity contribution in [3.63, 3.8) is 0 Å². The van der Waals surface area contributed by atoms with Crippen molar-refractivity contribution in [1.29, 1.82) is 0 Å². The van der Waals surface area contributed by atoms with Crippen LogP contribution in [-0.4, -0.2) is 44.3 Å². The van der Waals surface area contributed by atoms with E-state index in [2.05, 4.69) is 11.4 Å². The third-order valence-electron chi connectivity index (χ3n) is 4.53. The van der Waals surface area contributed by atoms with Gasteiger partial charge in [0.05, 0.1) is 12.8 Å². The Morgan fingerprint density at radius 3 is 2.74 bits per heavy atom. The lowest BCUT2D eigenvalue weighted by Gasteiger charge is -2.33. The van der Waals surface area contributed by atoms with Crippen LogP contribution in [0.15, 0.2) is 23.8 Å². The molecule has 1 aliphatic heterocycles. The van der Waals surface area contributed by atoms with Crippen LogP contribution in [0.5, 0.6) is 5.75 Å². The fourth-order valence-electron chi connectivity index (χ4n) is 3.11. The molecule has 2 N–H and O–H groups in total. The molecule has 2 atom stereocenters. The third kappa shape index (κ3) is 5.28. The molecular weight excluding hydrogens is 372 g/mol. The SMILES string of the molecule is COc1cc2cc(c1Cl)N(C)OC(=O)N[C@@](C)(O)[C@H](OC)CC/C=C(\C)C2. The lowest BCUT2D eigenvalue weighted by atomic mass is 10.0. The molecule has 1 aliphatic rings. The molecule has 0 spiro atoms. The molecule has 0 radical (unpaired) electrons. The number of amides is 1. The molecule has 1 heterocycles. The van der Waals surface area contributed by atoms with E-state index >= 15 is 0 Å². The first-order chi connectivity index (χ1) is 12.7. The molecule has 27 heavy (non-hydrogen) atoms. The molecule has 0 saturated carbocycles. The number of nitrogens with zero attached hydrogens (tertiary/aromatic N) is 1. The first kappa shape index (κ1) is 21.3. The second-order valence-electron chi connectivity index (χ2n) is 6.81. The van der Waals surface area contributed by atoms with Gasteiger partial charge >= 0.3 is 6.09 Å². The maximum Gasteiger partial charge on any atom is 0.433 e. The van der Waals surface area contributed by atoms with E-state index in [1.54, 1.807) is 7.05 Å². The molecule has 7 nitrogen and oxygen atoms in total. The number of hydroxylamine groups is 1. The Kier molecular flexibility index (Phi) is 6.97. The van der Waals surface area contributed by atoms with Crippen LogP contribution in [0.2, 0.25) is 5.02 Å². The highest BCUT2D eigenvalue weighted by Gasteiger charge is 2.34. The molecule has 0 saturated heterocycles. The number of methoxy groups -OCH3 is 2. The summed E-state index contributed by atoms with van der Waals surface area (Å²) in [6.07, 6.45) is 2.59. The number of anilines is 1. The molecule has 8 heteroatoms. The molecule has 2 bridgehead atoms. The Bertz CT molecular complexity index is 720. The van der Waals surface area contributed by atoms with Crippen LogP contribution in [-0.2, 0) is 16.0 Å². The monoisotopic (exact) mass is 398 g/mol. The minimum atomic E-state index is -1.60. The lowest BCUT2D eigenvalue weighted by Crippen LogP contribution is -2.56. The summed E-state index contributed by atoms with van der Waals surface area (Å²) in [5.74, 6) is 0.492. The van der Waals surface area contributed by atoms with E-state index < -0.39 is 17.9 Å². The van der Waals surface area contributed by atoms with Crippen molar-refractivity contribution < 1.29 is 24.2 Å². The summed E-state index contributed by atoms with van der Waals surface area (Å²) in [6.45, 7) is 3.51. The van der Waals surface area contributed by atoms with Crippen LogP contribution in [0.4, 0.5) is 10.5 Å². The maximum absolute atomic E-state index is 12.3. The van der Waals surface area contributed by atoms with Crippen molar-refractivity contribution in [2.45, 2.75) is 44.9 Å². The minimum Gasteiger partial charge on any atom is -0.495 e.